The number of hydrogen-bond donors (Lipinski definition) is 0. The monoisotopic (exact) mass is 216 g/mol. The van der Waals surface area contributed by atoms with Crippen LogP contribution in [0.1, 0.15) is 0 Å². The number of hydrogen-bond acceptors (Lipinski definition) is 4. The van der Waals surface area contributed by atoms with Gasteiger partial charge in [-0.15, -0.1) is 0 Å². The third kappa shape index (κ3) is 5.04. The van der Waals surface area contributed by atoms with Crippen molar-refractivity contribution in [3.63, 3.8) is 0 Å². The predicted octanol–water partition coefficient (Wildman–Crippen LogP) is 0.197. The first-order chi connectivity index (χ1) is 3.98. The topological polar surface area (TPSA) is 52.6 Å². The van der Waals surface area contributed by atoms with Crippen molar-refractivity contribution >= 4 is 27.9 Å². The third-order valence-electron chi connectivity index (χ3n) is 0.514. The molecule has 0 saturated carbocycles. The summed E-state index contributed by atoms with van der Waals surface area (Å²) in [6.45, 7) is 0. The minimum absolute atomic E-state index is 1.11. The van der Waals surface area contributed by atoms with E-state index in [0.717, 1.165) is 7.11 Å². The minimum atomic E-state index is -4.34. The summed E-state index contributed by atoms with van der Waals surface area (Å²) in [6, 6.07) is 0. The Kier molecular flexibility index (Phi) is 3.90. The summed E-state index contributed by atoms with van der Waals surface area (Å²) in [5.74, 6) is 3.53. The fraction of sp³-hybridized carbons (Fsp3) is 1.00. The molecule has 0 radical (unpaired) electrons. The molecule has 54 valence electrons. The Morgan fingerprint density at radius 2 is 1.78 bits per heavy atom. The molecule has 0 N–H and O–H groups in total. The van der Waals surface area contributed by atoms with E-state index in [-0.39, 0.29) is 0 Å². The van der Waals surface area contributed by atoms with Crippen molar-refractivity contribution in [3.8, 4) is 0 Å². The van der Waals surface area contributed by atoms with Gasteiger partial charge in [0.15, 0.2) is 0 Å². The molecule has 0 unspecified atom stereocenters. The van der Waals surface area contributed by atoms with Gasteiger partial charge in [-0.3, -0.25) is 0 Å². The summed E-state index contributed by atoms with van der Waals surface area (Å²) in [5, 5.41) is 0. The molecule has 0 spiro atoms. The van der Waals surface area contributed by atoms with E-state index in [1.807, 2.05) is 0 Å². The van der Waals surface area contributed by atoms with Crippen molar-refractivity contribution in [2.45, 2.75) is 11.6 Å². The SMILES string of the molecule is CO[Se](=O)(=O)[O][Al]([CH3])[CH3]. The van der Waals surface area contributed by atoms with E-state index < -0.39 is 27.9 Å². The van der Waals surface area contributed by atoms with Gasteiger partial charge in [-0.25, -0.2) is 0 Å². The summed E-state index contributed by atoms with van der Waals surface area (Å²) < 4.78 is 29.6. The summed E-state index contributed by atoms with van der Waals surface area (Å²) in [4.78, 5) is 0. The third-order valence-corrected chi connectivity index (χ3v) is 5.90. The van der Waals surface area contributed by atoms with Gasteiger partial charge in [0.1, 0.15) is 0 Å². The molecule has 0 aliphatic carbocycles. The average molecular weight is 215 g/mol. The van der Waals surface area contributed by atoms with E-state index in [1.165, 1.54) is 0 Å². The van der Waals surface area contributed by atoms with E-state index in [0.29, 0.717) is 0 Å². The van der Waals surface area contributed by atoms with E-state index in [4.69, 9.17) is 0 Å². The van der Waals surface area contributed by atoms with Gasteiger partial charge in [-0.2, -0.15) is 0 Å². The van der Waals surface area contributed by atoms with Gasteiger partial charge in [0, 0.05) is 0 Å². The van der Waals surface area contributed by atoms with Crippen molar-refractivity contribution in [2.75, 3.05) is 7.11 Å². The molecule has 0 aromatic rings. The normalized spacial score (nSPS) is 11.4. The van der Waals surface area contributed by atoms with Crippen molar-refractivity contribution < 1.29 is 14.4 Å². The first-order valence-electron chi connectivity index (χ1n) is 2.47. The van der Waals surface area contributed by atoms with Crippen LogP contribution in [0.25, 0.3) is 0 Å². The molecule has 6 heteroatoms. The maximum atomic E-state index is 10.5. The van der Waals surface area contributed by atoms with Crippen LogP contribution in [0.3, 0.4) is 0 Å². The fourth-order valence-corrected chi connectivity index (χ4v) is 4.29. The van der Waals surface area contributed by atoms with Crippen molar-refractivity contribution in [3.05, 3.63) is 0 Å². The van der Waals surface area contributed by atoms with Gasteiger partial charge in [0.2, 0.25) is 0 Å². The zero-order valence-electron chi connectivity index (χ0n) is 5.62. The molecular weight excluding hydrogens is 206 g/mol. The Bertz CT molecular complexity index is 161. The van der Waals surface area contributed by atoms with Crippen LogP contribution in [0.4, 0.5) is 0 Å². The zero-order valence-corrected chi connectivity index (χ0v) is 8.49. The van der Waals surface area contributed by atoms with Crippen molar-refractivity contribution in [1.29, 1.82) is 0 Å². The van der Waals surface area contributed by atoms with E-state index in [1.54, 1.807) is 11.6 Å². The summed E-state index contributed by atoms with van der Waals surface area (Å²) in [6.07, 6.45) is 0. The van der Waals surface area contributed by atoms with E-state index in [9.17, 15) is 7.67 Å². The van der Waals surface area contributed by atoms with Crippen molar-refractivity contribution in [1.82, 2.24) is 0 Å². The molecule has 0 amide bonds. The Labute approximate surface area is 61.1 Å². The Morgan fingerprint density at radius 3 is 1.89 bits per heavy atom. The molecule has 9 heavy (non-hydrogen) atoms. The van der Waals surface area contributed by atoms with Gasteiger partial charge in [-0.1, -0.05) is 0 Å². The van der Waals surface area contributed by atoms with Crippen LogP contribution in [0.2, 0.25) is 11.6 Å². The first-order valence-corrected chi connectivity index (χ1v) is 8.04. The Balaban J connectivity index is 3.90. The molecule has 4 nitrogen and oxygen atoms in total. The van der Waals surface area contributed by atoms with E-state index >= 15 is 0 Å². The first kappa shape index (κ1) is 9.57. The van der Waals surface area contributed by atoms with Crippen LogP contribution in [0, 0.1) is 0 Å². The average Bonchev–Trinajstić information content (AvgIpc) is 1.63. The molecule has 0 rings (SSSR count). The summed E-state index contributed by atoms with van der Waals surface area (Å²) >= 11 is -5.84. The van der Waals surface area contributed by atoms with Crippen LogP contribution in [0.15, 0.2) is 0 Å². The Hall–Kier alpha value is 0.572. The van der Waals surface area contributed by atoms with E-state index in [2.05, 4.69) is 6.69 Å². The Morgan fingerprint density at radius 1 is 1.33 bits per heavy atom. The van der Waals surface area contributed by atoms with Gasteiger partial charge < -0.3 is 0 Å². The molecule has 0 atom stereocenters. The molecule has 0 aromatic carbocycles. The standard InChI is InChI=1S/CH4O4Se.2CH3.Al/c1-5-6(2,3)4;;;/h1H3,(H,2,3,4);2*1H3;/q;;;+1/p-1. The summed E-state index contributed by atoms with van der Waals surface area (Å²) in [7, 11) is 1.11. The van der Waals surface area contributed by atoms with Gasteiger partial charge >= 0.3 is 60.9 Å². The molecule has 0 aromatic heterocycles. The molecule has 0 fully saturated rings. The molecule has 0 bridgehead atoms. The van der Waals surface area contributed by atoms with Gasteiger partial charge in [0.25, 0.3) is 0 Å². The van der Waals surface area contributed by atoms with Gasteiger partial charge in [-0.05, 0) is 0 Å². The predicted molar refractivity (Wildman–Crippen MR) is 32.7 cm³/mol. The molecule has 0 saturated heterocycles. The molecule has 0 aliphatic rings. The van der Waals surface area contributed by atoms with Gasteiger partial charge in [0.05, 0.1) is 0 Å². The second-order valence-electron chi connectivity index (χ2n) is 1.72. The summed E-state index contributed by atoms with van der Waals surface area (Å²) in [5.41, 5.74) is 0. The van der Waals surface area contributed by atoms with Crippen LogP contribution in [0.5, 0.6) is 0 Å². The maximum absolute atomic E-state index is 10.5. The van der Waals surface area contributed by atoms with Crippen LogP contribution in [-0.2, 0) is 14.4 Å². The zero-order chi connectivity index (χ0) is 7.49. The molecule has 0 heterocycles. The van der Waals surface area contributed by atoms with Crippen LogP contribution < -0.4 is 0 Å². The quantitative estimate of drug-likeness (QED) is 0.631. The second kappa shape index (κ2) is 3.67. The number of rotatable bonds is 3. The molecular formula is C3H9AlO4Se. The molecule has 0 aliphatic heterocycles. The second-order valence-corrected chi connectivity index (χ2v) is 7.63. The van der Waals surface area contributed by atoms with Crippen LogP contribution >= 0.6 is 0 Å². The van der Waals surface area contributed by atoms with Crippen molar-refractivity contribution in [2.24, 2.45) is 0 Å². The van der Waals surface area contributed by atoms with Crippen LogP contribution in [-0.4, -0.2) is 35.0 Å². The fourth-order valence-electron chi connectivity index (χ4n) is 0.275.